The molecular formula is C7H7Cl2NO2. The van der Waals surface area contributed by atoms with Crippen LogP contribution in [0.15, 0.2) is 12.1 Å². The van der Waals surface area contributed by atoms with Gasteiger partial charge in [0.15, 0.2) is 17.7 Å². The summed E-state index contributed by atoms with van der Waals surface area (Å²) in [5.41, 5.74) is 0. The average Bonchev–Trinajstić information content (AvgIpc) is 2.03. The fourth-order valence-electron chi connectivity index (χ4n) is 0.629. The van der Waals surface area contributed by atoms with Gasteiger partial charge in [0.1, 0.15) is 5.15 Å². The molecule has 0 bridgehead atoms. The van der Waals surface area contributed by atoms with E-state index in [1.807, 2.05) is 0 Å². The highest BCUT2D eigenvalue weighted by atomic mass is 35.5. The van der Waals surface area contributed by atoms with Gasteiger partial charge < -0.3 is 9.47 Å². The summed E-state index contributed by atoms with van der Waals surface area (Å²) >= 11 is 11.3. The van der Waals surface area contributed by atoms with Gasteiger partial charge in [-0.2, -0.15) is 0 Å². The number of ether oxygens (including phenoxy) is 2. The molecule has 0 aliphatic rings. The molecule has 0 radical (unpaired) electrons. The number of hydrogen-bond donors (Lipinski definition) is 0. The quantitative estimate of drug-likeness (QED) is 0.564. The molecule has 0 saturated carbocycles. The Kier molecular flexibility index (Phi) is 3.59. The molecule has 0 aliphatic heterocycles. The molecule has 1 aromatic rings. The molecule has 0 unspecified atom stereocenters. The van der Waals surface area contributed by atoms with Crippen LogP contribution >= 0.6 is 23.2 Å². The van der Waals surface area contributed by atoms with Gasteiger partial charge >= 0.3 is 0 Å². The van der Waals surface area contributed by atoms with Crippen molar-refractivity contribution >= 4 is 23.2 Å². The minimum Gasteiger partial charge on any atom is -0.464 e. The second-order valence-corrected chi connectivity index (χ2v) is 2.72. The normalized spacial score (nSPS) is 9.92. The molecule has 5 heteroatoms. The molecular weight excluding hydrogens is 201 g/mol. The van der Waals surface area contributed by atoms with Gasteiger partial charge in [-0.15, -0.1) is 0 Å². The summed E-state index contributed by atoms with van der Waals surface area (Å²) in [6, 6.07) is 3.23. The first-order valence-corrected chi connectivity index (χ1v) is 3.93. The molecule has 1 rings (SSSR count). The number of nitrogens with zero attached hydrogens (tertiary/aromatic N) is 1. The molecule has 0 N–H and O–H groups in total. The Morgan fingerprint density at radius 3 is 2.75 bits per heavy atom. The number of rotatable bonds is 3. The van der Waals surface area contributed by atoms with Crippen LogP contribution in [0.4, 0.5) is 0 Å². The first-order chi connectivity index (χ1) is 5.74. The summed E-state index contributed by atoms with van der Waals surface area (Å²) in [7, 11) is 1.53. The summed E-state index contributed by atoms with van der Waals surface area (Å²) in [4.78, 5) is 3.78. The van der Waals surface area contributed by atoms with Gasteiger partial charge in [-0.1, -0.05) is 23.2 Å². The molecule has 0 aromatic carbocycles. The lowest BCUT2D eigenvalue weighted by molar-refractivity contribution is 0.0509. The maximum Gasteiger partial charge on any atom is 0.188 e. The highest BCUT2D eigenvalue weighted by Gasteiger charge is 2.02. The highest BCUT2D eigenvalue weighted by Crippen LogP contribution is 2.23. The smallest absolute Gasteiger partial charge is 0.188 e. The predicted molar refractivity (Wildman–Crippen MR) is 46.8 cm³/mol. The maximum absolute atomic E-state index is 5.69. The third-order valence-corrected chi connectivity index (χ3v) is 1.59. The first kappa shape index (κ1) is 9.58. The molecule has 12 heavy (non-hydrogen) atoms. The lowest BCUT2D eigenvalue weighted by atomic mass is 10.5. The van der Waals surface area contributed by atoms with Crippen LogP contribution in [0.3, 0.4) is 0 Å². The molecule has 0 amide bonds. The predicted octanol–water partition coefficient (Wildman–Crippen LogP) is 2.37. The second-order valence-electron chi connectivity index (χ2n) is 1.97. The van der Waals surface area contributed by atoms with Crippen LogP contribution in [0.5, 0.6) is 5.75 Å². The molecule has 3 nitrogen and oxygen atoms in total. The van der Waals surface area contributed by atoms with Crippen molar-refractivity contribution in [3.63, 3.8) is 0 Å². The van der Waals surface area contributed by atoms with Gasteiger partial charge in [0.05, 0.1) is 0 Å². The lowest BCUT2D eigenvalue weighted by Gasteiger charge is -2.04. The largest absolute Gasteiger partial charge is 0.464 e. The van der Waals surface area contributed by atoms with Crippen LogP contribution in [0.25, 0.3) is 0 Å². The Balaban J connectivity index is 2.72. The summed E-state index contributed by atoms with van der Waals surface area (Å²) in [5, 5.41) is 0.573. The highest BCUT2D eigenvalue weighted by molar-refractivity contribution is 6.33. The zero-order valence-electron chi connectivity index (χ0n) is 6.38. The third-order valence-electron chi connectivity index (χ3n) is 1.11. The number of methoxy groups -OCH3 is 1. The van der Waals surface area contributed by atoms with E-state index in [4.69, 9.17) is 27.9 Å². The monoisotopic (exact) mass is 207 g/mol. The van der Waals surface area contributed by atoms with E-state index < -0.39 is 0 Å². The van der Waals surface area contributed by atoms with Gasteiger partial charge in [-0.25, -0.2) is 4.98 Å². The zero-order valence-corrected chi connectivity index (χ0v) is 7.89. The number of halogens is 2. The number of hydrogen-bond acceptors (Lipinski definition) is 3. The van der Waals surface area contributed by atoms with Crippen molar-refractivity contribution in [1.29, 1.82) is 0 Å². The SMILES string of the molecule is COCOc1ccc(Cl)nc1Cl. The van der Waals surface area contributed by atoms with E-state index in [9.17, 15) is 0 Å². The van der Waals surface area contributed by atoms with Crippen LogP contribution < -0.4 is 4.74 Å². The number of aromatic nitrogens is 1. The van der Waals surface area contributed by atoms with E-state index in [1.165, 1.54) is 7.11 Å². The van der Waals surface area contributed by atoms with Crippen molar-refractivity contribution < 1.29 is 9.47 Å². The average molecular weight is 208 g/mol. The van der Waals surface area contributed by atoms with Crippen LogP contribution in [0, 0.1) is 0 Å². The second kappa shape index (κ2) is 4.50. The molecule has 0 fully saturated rings. The molecule has 0 spiro atoms. The summed E-state index contributed by atoms with van der Waals surface area (Å²) < 4.78 is 9.75. The van der Waals surface area contributed by atoms with E-state index in [0.29, 0.717) is 10.9 Å². The van der Waals surface area contributed by atoms with Crippen molar-refractivity contribution in [2.75, 3.05) is 13.9 Å². The maximum atomic E-state index is 5.69. The Morgan fingerprint density at radius 2 is 2.17 bits per heavy atom. The Labute approximate surface area is 80.2 Å². The molecule has 1 aromatic heterocycles. The molecule has 66 valence electrons. The van der Waals surface area contributed by atoms with E-state index >= 15 is 0 Å². The Bertz CT molecular complexity index is 268. The Morgan fingerprint density at radius 1 is 1.42 bits per heavy atom. The fourth-order valence-corrected chi connectivity index (χ4v) is 1.03. The van der Waals surface area contributed by atoms with Gasteiger partial charge in [0, 0.05) is 7.11 Å². The van der Waals surface area contributed by atoms with Crippen molar-refractivity contribution in [3.8, 4) is 5.75 Å². The van der Waals surface area contributed by atoms with E-state index in [-0.39, 0.29) is 11.9 Å². The van der Waals surface area contributed by atoms with Crippen molar-refractivity contribution in [2.24, 2.45) is 0 Å². The van der Waals surface area contributed by atoms with E-state index in [1.54, 1.807) is 12.1 Å². The minimum atomic E-state index is 0.142. The fraction of sp³-hybridized carbons (Fsp3) is 0.286. The van der Waals surface area contributed by atoms with Crippen LogP contribution in [0.2, 0.25) is 10.3 Å². The van der Waals surface area contributed by atoms with Gasteiger partial charge in [-0.3, -0.25) is 0 Å². The van der Waals surface area contributed by atoms with Crippen molar-refractivity contribution in [3.05, 3.63) is 22.4 Å². The van der Waals surface area contributed by atoms with Crippen LogP contribution in [0.1, 0.15) is 0 Å². The molecule has 0 aliphatic carbocycles. The standard InChI is InChI=1S/C7H7Cl2NO2/c1-11-4-12-5-2-3-6(8)10-7(5)9/h2-3H,4H2,1H3. The third kappa shape index (κ3) is 2.52. The number of pyridine rings is 1. The van der Waals surface area contributed by atoms with Gasteiger partial charge in [-0.05, 0) is 12.1 Å². The van der Waals surface area contributed by atoms with Gasteiger partial charge in [0.2, 0.25) is 0 Å². The Hall–Kier alpha value is -0.510. The van der Waals surface area contributed by atoms with Gasteiger partial charge in [0.25, 0.3) is 0 Å². The zero-order chi connectivity index (χ0) is 8.97. The van der Waals surface area contributed by atoms with Crippen LogP contribution in [-0.4, -0.2) is 18.9 Å². The summed E-state index contributed by atoms with van der Waals surface area (Å²) in [5.74, 6) is 0.461. The molecule has 0 saturated heterocycles. The minimum absolute atomic E-state index is 0.142. The lowest BCUT2D eigenvalue weighted by Crippen LogP contribution is -1.99. The summed E-state index contributed by atoms with van der Waals surface area (Å²) in [6.07, 6.45) is 0. The molecule has 0 atom stereocenters. The first-order valence-electron chi connectivity index (χ1n) is 3.18. The van der Waals surface area contributed by atoms with Crippen molar-refractivity contribution in [2.45, 2.75) is 0 Å². The molecule has 1 heterocycles. The summed E-state index contributed by atoms with van der Waals surface area (Å²) in [6.45, 7) is 0.142. The topological polar surface area (TPSA) is 31.4 Å². The van der Waals surface area contributed by atoms with Crippen LogP contribution in [-0.2, 0) is 4.74 Å². The van der Waals surface area contributed by atoms with E-state index in [0.717, 1.165) is 0 Å². The van der Waals surface area contributed by atoms with E-state index in [2.05, 4.69) is 9.72 Å². The van der Waals surface area contributed by atoms with Crippen molar-refractivity contribution in [1.82, 2.24) is 4.98 Å².